The molecule has 0 aromatic rings. The van der Waals surface area contributed by atoms with Gasteiger partial charge in [-0.15, -0.1) is 0 Å². The molecule has 0 radical (unpaired) electrons. The zero-order valence-corrected chi connectivity index (χ0v) is 16.1. The van der Waals surface area contributed by atoms with Crippen LogP contribution in [0.25, 0.3) is 0 Å². The Hall–Kier alpha value is -1.65. The fourth-order valence-electron chi connectivity index (χ4n) is 2.45. The lowest BCUT2D eigenvalue weighted by molar-refractivity contribution is -0.147. The van der Waals surface area contributed by atoms with E-state index < -0.39 is 11.4 Å². The number of unbranched alkanes of at least 4 members (excludes halogenated alkanes) is 5. The normalized spacial score (nSPS) is 13.6. The van der Waals surface area contributed by atoms with Crippen LogP contribution in [-0.2, 0) is 4.79 Å². The Morgan fingerprint density at radius 1 is 0.840 bits per heavy atom. The van der Waals surface area contributed by atoms with Crippen molar-refractivity contribution in [1.82, 2.24) is 0 Å². The van der Waals surface area contributed by atoms with Gasteiger partial charge in [0.2, 0.25) is 0 Å². The number of carbonyl (C=O) groups is 1. The smallest absolute Gasteiger partial charge is 0.309 e. The van der Waals surface area contributed by atoms with Gasteiger partial charge in [0.15, 0.2) is 0 Å². The molecule has 146 valence electrons. The molecule has 0 aliphatic heterocycles. The number of aliphatic carboxylic acids is 1. The monoisotopic (exact) mass is 356 g/mol. The minimum Gasteiger partial charge on any atom is -0.513 e. The lowest BCUT2D eigenvalue weighted by atomic mass is 9.87. The van der Waals surface area contributed by atoms with E-state index in [1.807, 2.05) is 0 Å². The van der Waals surface area contributed by atoms with Gasteiger partial charge in [-0.1, -0.05) is 39.0 Å². The van der Waals surface area contributed by atoms with Gasteiger partial charge < -0.3 is 20.4 Å². The van der Waals surface area contributed by atoms with E-state index in [2.05, 4.69) is 6.92 Å². The molecule has 0 bridgehead atoms. The molecule has 5 heteroatoms. The van der Waals surface area contributed by atoms with Crippen molar-refractivity contribution in [1.29, 1.82) is 0 Å². The fraction of sp³-hybridized carbons (Fsp3) is 0.750. The van der Waals surface area contributed by atoms with E-state index in [1.165, 1.54) is 0 Å². The van der Waals surface area contributed by atoms with E-state index in [0.29, 0.717) is 19.3 Å². The van der Waals surface area contributed by atoms with Gasteiger partial charge in [-0.05, 0) is 39.2 Å². The van der Waals surface area contributed by atoms with E-state index in [9.17, 15) is 20.1 Å². The van der Waals surface area contributed by atoms with Gasteiger partial charge in [-0.2, -0.15) is 0 Å². The van der Waals surface area contributed by atoms with Crippen LogP contribution < -0.4 is 0 Å². The van der Waals surface area contributed by atoms with Gasteiger partial charge in [0, 0.05) is 19.3 Å². The molecular formula is C20H36O5. The lowest BCUT2D eigenvalue weighted by Crippen LogP contribution is -2.23. The van der Waals surface area contributed by atoms with Gasteiger partial charge in [0.25, 0.3) is 0 Å². The lowest BCUT2D eigenvalue weighted by Gasteiger charge is -2.18. The number of carboxylic acids is 1. The van der Waals surface area contributed by atoms with Crippen LogP contribution in [0.15, 0.2) is 23.4 Å². The number of aliphatic hydroxyl groups excluding tert-OH is 3. The third-order valence-corrected chi connectivity index (χ3v) is 4.44. The Kier molecular flexibility index (Phi) is 11.8. The minimum atomic E-state index is -0.774. The molecule has 0 fully saturated rings. The SMILES string of the molecule is CCCCC/C(O)=C\C/C(O)=C(/O)CCCCCCC(C)(C)C(=O)O. The van der Waals surface area contributed by atoms with E-state index in [0.717, 1.165) is 44.9 Å². The maximum Gasteiger partial charge on any atom is 0.309 e. The molecule has 0 atom stereocenters. The van der Waals surface area contributed by atoms with E-state index >= 15 is 0 Å². The Morgan fingerprint density at radius 3 is 2.04 bits per heavy atom. The van der Waals surface area contributed by atoms with Gasteiger partial charge in [0.1, 0.15) is 11.5 Å². The summed E-state index contributed by atoms with van der Waals surface area (Å²) in [6.07, 6.45) is 9.79. The van der Waals surface area contributed by atoms with Crippen LogP contribution >= 0.6 is 0 Å². The van der Waals surface area contributed by atoms with Crippen molar-refractivity contribution >= 4 is 5.97 Å². The highest BCUT2D eigenvalue weighted by molar-refractivity contribution is 5.73. The quantitative estimate of drug-likeness (QED) is 0.220. The summed E-state index contributed by atoms with van der Waals surface area (Å²) in [5.74, 6) is -0.629. The molecule has 0 saturated heterocycles. The van der Waals surface area contributed by atoms with E-state index in [-0.39, 0.29) is 23.7 Å². The number of hydrogen-bond acceptors (Lipinski definition) is 4. The Morgan fingerprint density at radius 2 is 1.44 bits per heavy atom. The predicted molar refractivity (Wildman–Crippen MR) is 101 cm³/mol. The summed E-state index contributed by atoms with van der Waals surface area (Å²) < 4.78 is 0. The van der Waals surface area contributed by atoms with Crippen molar-refractivity contribution in [3.8, 4) is 0 Å². The molecule has 0 rings (SSSR count). The molecule has 0 amide bonds. The minimum absolute atomic E-state index is 0.0246. The van der Waals surface area contributed by atoms with Crippen molar-refractivity contribution in [2.75, 3.05) is 0 Å². The van der Waals surface area contributed by atoms with Gasteiger partial charge in [-0.25, -0.2) is 0 Å². The third-order valence-electron chi connectivity index (χ3n) is 4.44. The maximum atomic E-state index is 11.0. The first-order chi connectivity index (χ1) is 11.7. The highest BCUT2D eigenvalue weighted by Crippen LogP contribution is 2.24. The topological polar surface area (TPSA) is 98.0 Å². The zero-order valence-electron chi connectivity index (χ0n) is 16.1. The molecule has 0 aromatic heterocycles. The number of hydrogen-bond donors (Lipinski definition) is 4. The molecule has 0 aliphatic rings. The van der Waals surface area contributed by atoms with Crippen LogP contribution in [0.5, 0.6) is 0 Å². The number of aliphatic hydroxyl groups is 3. The van der Waals surface area contributed by atoms with E-state index in [4.69, 9.17) is 5.11 Å². The number of carboxylic acid groups (broad SMARTS) is 1. The van der Waals surface area contributed by atoms with Gasteiger partial charge in [0.05, 0.1) is 11.2 Å². The molecule has 5 nitrogen and oxygen atoms in total. The summed E-state index contributed by atoms with van der Waals surface area (Å²) in [6, 6.07) is 0. The maximum absolute atomic E-state index is 11.0. The van der Waals surface area contributed by atoms with Crippen molar-refractivity contribution < 1.29 is 25.2 Å². The molecule has 0 aromatic carbocycles. The second-order valence-electron chi connectivity index (χ2n) is 7.35. The summed E-state index contributed by atoms with van der Waals surface area (Å²) in [5, 5.41) is 38.4. The average Bonchev–Trinajstić information content (AvgIpc) is 2.55. The highest BCUT2D eigenvalue weighted by Gasteiger charge is 2.25. The van der Waals surface area contributed by atoms with Crippen LogP contribution in [0.3, 0.4) is 0 Å². The van der Waals surface area contributed by atoms with Crippen LogP contribution in [0, 0.1) is 5.41 Å². The number of rotatable bonds is 14. The van der Waals surface area contributed by atoms with E-state index in [1.54, 1.807) is 19.9 Å². The number of allylic oxidation sites excluding steroid dienone is 3. The van der Waals surface area contributed by atoms with Crippen LogP contribution in [0.4, 0.5) is 0 Å². The van der Waals surface area contributed by atoms with Crippen LogP contribution in [-0.4, -0.2) is 26.4 Å². The first kappa shape index (κ1) is 23.4. The predicted octanol–water partition coefficient (Wildman–Crippen LogP) is 6.18. The zero-order chi connectivity index (χ0) is 19.3. The van der Waals surface area contributed by atoms with Crippen LogP contribution in [0.1, 0.15) is 91.4 Å². The van der Waals surface area contributed by atoms with Crippen molar-refractivity contribution in [2.24, 2.45) is 5.41 Å². The Balaban J connectivity index is 3.99. The molecule has 0 spiro atoms. The molecule has 0 heterocycles. The first-order valence-electron chi connectivity index (χ1n) is 9.42. The van der Waals surface area contributed by atoms with Gasteiger partial charge >= 0.3 is 5.97 Å². The molecule has 4 N–H and O–H groups in total. The third kappa shape index (κ3) is 11.5. The van der Waals surface area contributed by atoms with Crippen molar-refractivity contribution in [3.63, 3.8) is 0 Å². The molecule has 0 saturated carbocycles. The van der Waals surface area contributed by atoms with Crippen molar-refractivity contribution in [3.05, 3.63) is 23.4 Å². The van der Waals surface area contributed by atoms with Gasteiger partial charge in [-0.3, -0.25) is 4.79 Å². The first-order valence-corrected chi connectivity index (χ1v) is 9.42. The fourth-order valence-corrected chi connectivity index (χ4v) is 2.45. The van der Waals surface area contributed by atoms with Crippen molar-refractivity contribution in [2.45, 2.75) is 91.4 Å². The summed E-state index contributed by atoms with van der Waals surface area (Å²) >= 11 is 0. The largest absolute Gasteiger partial charge is 0.513 e. The molecule has 25 heavy (non-hydrogen) atoms. The Bertz CT molecular complexity index is 449. The summed E-state index contributed by atoms with van der Waals surface area (Å²) in [5.41, 5.74) is -0.689. The van der Waals surface area contributed by atoms with Crippen LogP contribution in [0.2, 0.25) is 0 Å². The molecule has 0 unspecified atom stereocenters. The highest BCUT2D eigenvalue weighted by atomic mass is 16.4. The molecule has 0 aliphatic carbocycles. The second-order valence-corrected chi connectivity index (χ2v) is 7.35. The summed E-state index contributed by atoms with van der Waals surface area (Å²) in [4.78, 5) is 11.0. The second kappa shape index (κ2) is 12.7. The Labute approximate surface area is 152 Å². The average molecular weight is 357 g/mol. The molecular weight excluding hydrogens is 320 g/mol. The summed E-state index contributed by atoms with van der Waals surface area (Å²) in [6.45, 7) is 5.56. The summed E-state index contributed by atoms with van der Waals surface area (Å²) in [7, 11) is 0. The standard InChI is InChI=1S/C20H36O5/c1-4-5-8-11-16(21)13-14-18(23)17(22)12-9-6-7-10-15-20(2,3)19(24)25/h13,21-23H,4-12,14-15H2,1-3H3,(H,24,25)/b16-13+,18-17-.